The van der Waals surface area contributed by atoms with Gasteiger partial charge in [0.15, 0.2) is 0 Å². The first-order valence-corrected chi connectivity index (χ1v) is 11.4. The number of fused-ring (bicyclic) bond motifs is 1. The van der Waals surface area contributed by atoms with Crippen LogP contribution >= 0.6 is 11.8 Å². The Morgan fingerprint density at radius 2 is 1.84 bits per heavy atom. The lowest BCUT2D eigenvalue weighted by molar-refractivity contribution is 0.0730. The lowest BCUT2D eigenvalue weighted by atomic mass is 10.1. The van der Waals surface area contributed by atoms with Crippen LogP contribution in [0.25, 0.3) is 5.65 Å². The van der Waals surface area contributed by atoms with Gasteiger partial charge in [0, 0.05) is 41.2 Å². The van der Waals surface area contributed by atoms with E-state index in [1.165, 1.54) is 12.1 Å². The number of rotatable bonds is 7. The van der Waals surface area contributed by atoms with Gasteiger partial charge in [-0.3, -0.25) is 4.79 Å². The minimum Gasteiger partial charge on any atom is -0.331 e. The molecule has 1 aliphatic carbocycles. The van der Waals surface area contributed by atoms with Crippen molar-refractivity contribution in [3.63, 3.8) is 0 Å². The normalized spacial score (nSPS) is 13.5. The van der Waals surface area contributed by atoms with Crippen LogP contribution < -0.4 is 0 Å². The van der Waals surface area contributed by atoms with Gasteiger partial charge in [0.05, 0.1) is 5.69 Å². The summed E-state index contributed by atoms with van der Waals surface area (Å²) in [6.45, 7) is 0.508. The van der Waals surface area contributed by atoms with Crippen molar-refractivity contribution in [2.24, 2.45) is 0 Å². The molecule has 31 heavy (non-hydrogen) atoms. The second-order valence-corrected chi connectivity index (χ2v) is 8.85. The van der Waals surface area contributed by atoms with Gasteiger partial charge in [0.2, 0.25) is 0 Å². The second kappa shape index (κ2) is 8.55. The van der Waals surface area contributed by atoms with Gasteiger partial charge < -0.3 is 9.30 Å². The highest BCUT2D eigenvalue weighted by Crippen LogP contribution is 2.30. The molecule has 0 radical (unpaired) electrons. The largest absolute Gasteiger partial charge is 0.331 e. The number of benzene rings is 2. The average Bonchev–Trinajstić information content (AvgIpc) is 3.55. The Morgan fingerprint density at radius 1 is 1.06 bits per heavy atom. The Morgan fingerprint density at radius 3 is 2.55 bits per heavy atom. The minimum atomic E-state index is -0.259. The van der Waals surface area contributed by atoms with Gasteiger partial charge >= 0.3 is 0 Å². The maximum Gasteiger partial charge on any atom is 0.254 e. The van der Waals surface area contributed by atoms with E-state index < -0.39 is 0 Å². The molecule has 0 spiro atoms. The molecule has 4 aromatic rings. The first-order chi connectivity index (χ1) is 15.2. The number of hydrogen-bond acceptors (Lipinski definition) is 3. The molecule has 4 nitrogen and oxygen atoms in total. The van der Waals surface area contributed by atoms with E-state index in [9.17, 15) is 9.18 Å². The Bertz CT molecular complexity index is 1170. The predicted molar refractivity (Wildman–Crippen MR) is 120 cm³/mol. The first kappa shape index (κ1) is 19.8. The van der Waals surface area contributed by atoms with E-state index in [0.29, 0.717) is 12.1 Å². The van der Waals surface area contributed by atoms with Crippen LogP contribution in [0.4, 0.5) is 4.39 Å². The number of hydrogen-bond donors (Lipinski definition) is 0. The predicted octanol–water partition coefficient (Wildman–Crippen LogP) is 5.57. The molecule has 0 N–H and O–H groups in total. The summed E-state index contributed by atoms with van der Waals surface area (Å²) in [7, 11) is 0. The summed E-state index contributed by atoms with van der Waals surface area (Å²) in [5, 5.41) is 0. The molecule has 2 heterocycles. The zero-order valence-corrected chi connectivity index (χ0v) is 17.8. The average molecular weight is 432 g/mol. The Labute approximate surface area is 184 Å². The number of carbonyl (C=O) groups is 1. The molecule has 0 aliphatic heterocycles. The maximum absolute atomic E-state index is 13.2. The van der Waals surface area contributed by atoms with Crippen LogP contribution in [0.2, 0.25) is 0 Å². The molecule has 1 amide bonds. The van der Waals surface area contributed by atoms with Crippen LogP contribution in [-0.2, 0) is 12.3 Å². The van der Waals surface area contributed by atoms with Crippen molar-refractivity contribution in [3.8, 4) is 0 Å². The molecule has 2 aromatic carbocycles. The summed E-state index contributed by atoms with van der Waals surface area (Å²) in [5.41, 5.74) is 3.60. The van der Waals surface area contributed by atoms with Crippen molar-refractivity contribution in [1.82, 2.24) is 14.3 Å². The number of halogens is 1. The van der Waals surface area contributed by atoms with E-state index in [1.807, 2.05) is 64.2 Å². The van der Waals surface area contributed by atoms with Crippen LogP contribution in [0.15, 0.2) is 84.0 Å². The highest BCUT2D eigenvalue weighted by atomic mass is 32.2. The van der Waals surface area contributed by atoms with Crippen LogP contribution in [0.1, 0.15) is 34.5 Å². The van der Waals surface area contributed by atoms with E-state index in [1.54, 1.807) is 23.9 Å². The third-order valence-corrected chi connectivity index (χ3v) is 6.46. The van der Waals surface area contributed by atoms with Gasteiger partial charge in [-0.2, -0.15) is 0 Å². The fraction of sp³-hybridized carbons (Fsp3) is 0.200. The summed E-state index contributed by atoms with van der Waals surface area (Å²) >= 11 is 1.70. The summed E-state index contributed by atoms with van der Waals surface area (Å²) in [6.07, 6.45) is 6.09. The number of amides is 1. The topological polar surface area (TPSA) is 37.6 Å². The van der Waals surface area contributed by atoms with Crippen molar-refractivity contribution >= 4 is 23.3 Å². The molecule has 6 heteroatoms. The third-order valence-electron chi connectivity index (χ3n) is 5.42. The van der Waals surface area contributed by atoms with Crippen molar-refractivity contribution < 1.29 is 9.18 Å². The van der Waals surface area contributed by atoms with Crippen molar-refractivity contribution in [2.45, 2.75) is 36.1 Å². The van der Waals surface area contributed by atoms with Crippen molar-refractivity contribution in [1.29, 1.82) is 0 Å². The van der Waals surface area contributed by atoms with Gasteiger partial charge in [-0.05, 0) is 66.9 Å². The van der Waals surface area contributed by atoms with E-state index in [2.05, 4.69) is 4.98 Å². The number of pyridine rings is 1. The van der Waals surface area contributed by atoms with E-state index >= 15 is 0 Å². The molecular weight excluding hydrogens is 409 g/mol. The summed E-state index contributed by atoms with van der Waals surface area (Å²) < 4.78 is 15.2. The quantitative estimate of drug-likeness (QED) is 0.359. The SMILES string of the molecule is O=C(c1ccc(SCc2cn3ccccc3n2)cc1)N(Cc1ccc(F)cc1)C1CC1. The standard InChI is InChI=1S/C25H22FN3OS/c26-20-8-4-18(5-9-20)15-29(22-10-11-22)25(30)19-6-12-23(13-7-19)31-17-21-16-28-14-2-1-3-24(28)27-21/h1-9,12-14,16,22H,10-11,15,17H2. The smallest absolute Gasteiger partial charge is 0.254 e. The third kappa shape index (κ3) is 4.64. The zero-order chi connectivity index (χ0) is 21.2. The van der Waals surface area contributed by atoms with Gasteiger partial charge in [-0.25, -0.2) is 9.37 Å². The fourth-order valence-electron chi connectivity index (χ4n) is 3.61. The number of nitrogens with zero attached hydrogens (tertiary/aromatic N) is 3. The van der Waals surface area contributed by atoms with Crippen molar-refractivity contribution in [3.05, 3.63) is 102 Å². The van der Waals surface area contributed by atoms with Crippen LogP contribution in [0.3, 0.4) is 0 Å². The Kier molecular flexibility index (Phi) is 5.47. The van der Waals surface area contributed by atoms with E-state index in [-0.39, 0.29) is 17.8 Å². The molecule has 5 rings (SSSR count). The fourth-order valence-corrected chi connectivity index (χ4v) is 4.40. The van der Waals surface area contributed by atoms with Crippen molar-refractivity contribution in [2.75, 3.05) is 0 Å². The van der Waals surface area contributed by atoms with E-state index in [4.69, 9.17) is 0 Å². The molecule has 0 unspecified atom stereocenters. The number of thioether (sulfide) groups is 1. The molecular formula is C25H22FN3OS. The molecule has 2 aromatic heterocycles. The van der Waals surface area contributed by atoms with Gasteiger partial charge in [-0.15, -0.1) is 11.8 Å². The minimum absolute atomic E-state index is 0.0312. The zero-order valence-electron chi connectivity index (χ0n) is 16.9. The number of carbonyl (C=O) groups excluding carboxylic acids is 1. The highest BCUT2D eigenvalue weighted by Gasteiger charge is 2.33. The first-order valence-electron chi connectivity index (χ1n) is 10.4. The van der Waals surface area contributed by atoms with Gasteiger partial charge in [0.25, 0.3) is 5.91 Å². The number of imidazole rings is 1. The van der Waals surface area contributed by atoms with E-state index in [0.717, 1.165) is 40.4 Å². The Hall–Kier alpha value is -3.12. The monoisotopic (exact) mass is 431 g/mol. The molecule has 1 fully saturated rings. The molecule has 156 valence electrons. The molecule has 1 saturated carbocycles. The van der Waals surface area contributed by atoms with Gasteiger partial charge in [0.1, 0.15) is 11.5 Å². The molecule has 0 bridgehead atoms. The molecule has 0 atom stereocenters. The maximum atomic E-state index is 13.2. The van der Waals surface area contributed by atoms with Crippen LogP contribution in [0, 0.1) is 5.82 Å². The Balaban J connectivity index is 1.24. The van der Waals surface area contributed by atoms with Crippen LogP contribution in [-0.4, -0.2) is 26.2 Å². The number of aromatic nitrogens is 2. The summed E-state index contributed by atoms with van der Waals surface area (Å²) in [6, 6.07) is 20.4. The van der Waals surface area contributed by atoms with Gasteiger partial charge in [-0.1, -0.05) is 18.2 Å². The highest BCUT2D eigenvalue weighted by molar-refractivity contribution is 7.98. The second-order valence-electron chi connectivity index (χ2n) is 7.80. The summed E-state index contributed by atoms with van der Waals surface area (Å²) in [4.78, 5) is 20.8. The molecule has 0 saturated heterocycles. The lowest BCUT2D eigenvalue weighted by Gasteiger charge is -2.23. The molecule has 1 aliphatic rings. The summed E-state index contributed by atoms with van der Waals surface area (Å²) in [5.74, 6) is 0.543. The van der Waals surface area contributed by atoms with Crippen LogP contribution in [0.5, 0.6) is 0 Å². The lowest BCUT2D eigenvalue weighted by Crippen LogP contribution is -2.32.